The van der Waals surface area contributed by atoms with Gasteiger partial charge in [0.05, 0.1) is 28.9 Å². The summed E-state index contributed by atoms with van der Waals surface area (Å²) < 4.78 is 20.9. The van der Waals surface area contributed by atoms with Crippen molar-refractivity contribution in [2.45, 2.75) is 82.8 Å². The van der Waals surface area contributed by atoms with Crippen LogP contribution in [-0.2, 0) is 22.8 Å². The number of benzene rings is 4. The molecule has 0 unspecified atom stereocenters. The topological polar surface area (TPSA) is 166 Å². The van der Waals surface area contributed by atoms with Gasteiger partial charge in [0, 0.05) is 61.6 Å². The second-order valence-electron chi connectivity index (χ2n) is 17.5. The van der Waals surface area contributed by atoms with Crippen molar-refractivity contribution < 1.29 is 39.0 Å². The van der Waals surface area contributed by atoms with Crippen LogP contribution >= 0.6 is 0 Å². The van der Waals surface area contributed by atoms with E-state index >= 15 is 0 Å². The summed E-state index contributed by atoms with van der Waals surface area (Å²) in [6.07, 6.45) is 8.63. The maximum atomic E-state index is 14.9. The van der Waals surface area contributed by atoms with E-state index in [4.69, 9.17) is 24.2 Å². The van der Waals surface area contributed by atoms with Crippen molar-refractivity contribution in [3.63, 3.8) is 0 Å². The molecule has 13 heteroatoms. The predicted molar refractivity (Wildman–Crippen MR) is 252 cm³/mol. The molecule has 8 rings (SSSR count). The number of ether oxygens (including phenoxy) is 3. The quantitative estimate of drug-likeness (QED) is 0.0333. The van der Waals surface area contributed by atoms with Crippen LogP contribution in [0, 0.1) is 34.8 Å². The van der Waals surface area contributed by atoms with Crippen molar-refractivity contribution >= 4 is 28.1 Å². The third kappa shape index (κ3) is 9.74. The van der Waals surface area contributed by atoms with E-state index in [-0.39, 0.29) is 68.8 Å². The Bertz CT molecular complexity index is 2600. The largest absolute Gasteiger partial charge is 0.487 e. The van der Waals surface area contributed by atoms with Crippen LogP contribution in [0.3, 0.4) is 0 Å². The van der Waals surface area contributed by atoms with Crippen LogP contribution < -0.4 is 9.47 Å². The molecule has 0 saturated heterocycles. The molecule has 1 saturated carbocycles. The summed E-state index contributed by atoms with van der Waals surface area (Å²) in [6, 6.07) is 30.8. The molecule has 3 aliphatic rings. The Kier molecular flexibility index (Phi) is 14.6. The molecule has 66 heavy (non-hydrogen) atoms. The Morgan fingerprint density at radius 3 is 2.47 bits per heavy atom. The summed E-state index contributed by atoms with van der Waals surface area (Å²) in [5.41, 5.74) is 5.36. The standard InChI is InChI=1S/C53H58N4O9/c1-4-28-64-53-49(56(3)52(60)40-21-20-37-13-5-6-14-38(37)29-40)32-47(55-65-33-36-18-22-42(23-19-36)57(61)62)45-30-39(15-7-9-26-58)44(17-8-10-27-59)50(51(45)53)46-31-43(24-25-48(46)66-53)63-34-41-16-11-12-35(2)54-41/h4-6,11-14,16,18-25,29-31,39,44,49-51,58-59H,1,7-10,15,17,26-28,32-34H2,2-3H3/t39-,44+,49-,50+,51+,53+/m0/s1. The van der Waals surface area contributed by atoms with E-state index in [2.05, 4.69) is 23.7 Å². The number of fused-ring (bicyclic) bond motifs is 3. The fourth-order valence-electron chi connectivity index (χ4n) is 10.2. The number of nitro benzene ring substituents is 1. The lowest BCUT2D eigenvalue weighted by atomic mass is 9.55. The minimum absolute atomic E-state index is 0.0210. The summed E-state index contributed by atoms with van der Waals surface area (Å²) in [7, 11) is 1.79. The predicted octanol–water partition coefficient (Wildman–Crippen LogP) is 9.64. The highest BCUT2D eigenvalue weighted by Crippen LogP contribution is 2.62. The summed E-state index contributed by atoms with van der Waals surface area (Å²) in [6.45, 7) is 6.59. The number of allylic oxidation sites excluding steroid dienone is 1. The van der Waals surface area contributed by atoms with E-state index in [1.807, 2.05) is 79.7 Å². The first-order valence-corrected chi connectivity index (χ1v) is 22.9. The molecule has 344 valence electrons. The summed E-state index contributed by atoms with van der Waals surface area (Å²) >= 11 is 0. The van der Waals surface area contributed by atoms with E-state index in [9.17, 15) is 25.1 Å². The highest BCUT2D eigenvalue weighted by atomic mass is 16.7. The summed E-state index contributed by atoms with van der Waals surface area (Å²) in [5.74, 6) is -1.09. The van der Waals surface area contributed by atoms with Crippen molar-refractivity contribution in [1.82, 2.24) is 9.88 Å². The first kappa shape index (κ1) is 46.1. The van der Waals surface area contributed by atoms with Gasteiger partial charge < -0.3 is 34.2 Å². The molecule has 1 amide bonds. The van der Waals surface area contributed by atoms with E-state index in [1.54, 1.807) is 30.2 Å². The van der Waals surface area contributed by atoms with E-state index < -0.39 is 22.7 Å². The van der Waals surface area contributed by atoms with Gasteiger partial charge in [-0.05, 0) is 121 Å². The van der Waals surface area contributed by atoms with Crippen molar-refractivity contribution in [3.05, 3.63) is 166 Å². The third-order valence-electron chi connectivity index (χ3n) is 13.3. The number of hydrogen-bond donors (Lipinski definition) is 2. The number of carbonyl (C=O) groups excluding carboxylic acids is 1. The Balaban J connectivity index is 1.28. The molecule has 0 radical (unpaired) electrons. The van der Waals surface area contributed by atoms with Crippen molar-refractivity contribution in [1.29, 1.82) is 0 Å². The zero-order chi connectivity index (χ0) is 46.2. The van der Waals surface area contributed by atoms with E-state index in [1.165, 1.54) is 12.1 Å². The lowest BCUT2D eigenvalue weighted by Crippen LogP contribution is -2.69. The van der Waals surface area contributed by atoms with E-state index in [0.717, 1.165) is 59.0 Å². The van der Waals surface area contributed by atoms with Crippen LogP contribution in [0.4, 0.5) is 5.69 Å². The summed E-state index contributed by atoms with van der Waals surface area (Å²) in [4.78, 5) is 38.4. The Morgan fingerprint density at radius 1 is 0.955 bits per heavy atom. The highest BCUT2D eigenvalue weighted by molar-refractivity contribution is 6.04. The Hall–Kier alpha value is -6.41. The number of oxime groups is 1. The van der Waals surface area contributed by atoms with Gasteiger partial charge in [0.15, 0.2) is 0 Å². The number of aromatic nitrogens is 1. The molecular weight excluding hydrogens is 837 g/mol. The van der Waals surface area contributed by atoms with Gasteiger partial charge in [-0.3, -0.25) is 19.9 Å². The molecule has 6 atom stereocenters. The number of unbranched alkanes of at least 4 members (excludes halogenated alkanes) is 2. The average molecular weight is 895 g/mol. The number of nitro groups is 1. The number of rotatable bonds is 20. The lowest BCUT2D eigenvalue weighted by molar-refractivity contribution is -0.384. The van der Waals surface area contributed by atoms with Gasteiger partial charge in [-0.2, -0.15) is 0 Å². The molecule has 2 N–H and O–H groups in total. The van der Waals surface area contributed by atoms with Crippen LogP contribution in [-0.4, -0.2) is 75.3 Å². The van der Waals surface area contributed by atoms with Crippen LogP contribution in [0.1, 0.15) is 83.7 Å². The molecule has 2 aliphatic carbocycles. The SMILES string of the molecule is C=CCO[C@@]12Oc3ccc(OCc4cccc(C)n4)cc3[C@H]3[C@H](CCCCO)[C@@H](CCCCO)C=C(C(=NOCc4ccc([N+](=O)[O-])cc4)C[C@@H]1N(C)C(=O)c1ccc4ccccc4c1)[C@H]32. The van der Waals surface area contributed by atoms with Gasteiger partial charge >= 0.3 is 0 Å². The lowest BCUT2D eigenvalue weighted by Gasteiger charge is -2.59. The molecule has 1 aromatic heterocycles. The first-order chi connectivity index (χ1) is 32.1. The van der Waals surface area contributed by atoms with Crippen molar-refractivity contribution in [2.24, 2.45) is 22.9 Å². The number of carbonyl (C=O) groups is 1. The zero-order valence-corrected chi connectivity index (χ0v) is 37.6. The van der Waals surface area contributed by atoms with Crippen molar-refractivity contribution in [2.75, 3.05) is 26.9 Å². The molecule has 2 heterocycles. The molecule has 1 fully saturated rings. The fourth-order valence-corrected chi connectivity index (χ4v) is 10.2. The molecule has 5 aromatic rings. The number of aliphatic hydroxyl groups excluding tert-OH is 2. The molecule has 4 aromatic carbocycles. The minimum atomic E-state index is -1.44. The van der Waals surface area contributed by atoms with E-state index in [0.29, 0.717) is 41.2 Å². The van der Waals surface area contributed by atoms with Gasteiger partial charge in [-0.1, -0.05) is 66.5 Å². The highest BCUT2D eigenvalue weighted by Gasteiger charge is 2.65. The number of amides is 1. The molecular formula is C53H58N4O9. The molecule has 0 bridgehead atoms. The Morgan fingerprint density at radius 2 is 1.73 bits per heavy atom. The monoisotopic (exact) mass is 894 g/mol. The van der Waals surface area contributed by atoms with Crippen LogP contribution in [0.5, 0.6) is 11.5 Å². The van der Waals surface area contributed by atoms with Gasteiger partial charge in [-0.15, -0.1) is 6.58 Å². The summed E-state index contributed by atoms with van der Waals surface area (Å²) in [5, 5.41) is 38.2. The third-order valence-corrected chi connectivity index (χ3v) is 13.3. The molecule has 13 nitrogen and oxygen atoms in total. The number of non-ortho nitro benzene ring substituents is 1. The zero-order valence-electron chi connectivity index (χ0n) is 37.6. The number of likely N-dealkylation sites (N-methyl/N-ethyl adjacent to an activating group) is 1. The maximum Gasteiger partial charge on any atom is 0.269 e. The Labute approximate surface area is 385 Å². The molecule has 0 spiro atoms. The average Bonchev–Trinajstić information content (AvgIpc) is 3.33. The fraction of sp³-hybridized carbons (Fsp3) is 0.377. The van der Waals surface area contributed by atoms with Gasteiger partial charge in [-0.25, -0.2) is 0 Å². The van der Waals surface area contributed by atoms with Crippen LogP contribution in [0.2, 0.25) is 0 Å². The van der Waals surface area contributed by atoms with Gasteiger partial charge in [0.2, 0.25) is 5.79 Å². The number of aliphatic hydroxyl groups is 2. The number of pyridine rings is 1. The van der Waals surface area contributed by atoms with Crippen molar-refractivity contribution in [3.8, 4) is 11.5 Å². The smallest absolute Gasteiger partial charge is 0.269 e. The molecule has 1 aliphatic heterocycles. The normalized spacial score (nSPS) is 22.4. The minimum Gasteiger partial charge on any atom is -0.487 e. The maximum absolute atomic E-state index is 14.9. The second kappa shape index (κ2) is 20.8. The number of hydrogen-bond acceptors (Lipinski definition) is 11. The number of aryl methyl sites for hydroxylation is 1. The van der Waals surface area contributed by atoms with Gasteiger partial charge in [0.25, 0.3) is 11.6 Å². The number of nitrogens with zero attached hydrogens (tertiary/aromatic N) is 4. The van der Waals surface area contributed by atoms with Crippen LogP contribution in [0.25, 0.3) is 10.8 Å². The van der Waals surface area contributed by atoms with Gasteiger partial charge in [0.1, 0.15) is 30.8 Å². The second-order valence-corrected chi connectivity index (χ2v) is 17.5. The first-order valence-electron chi connectivity index (χ1n) is 22.9. The van der Waals surface area contributed by atoms with Crippen LogP contribution in [0.15, 0.2) is 133 Å².